The van der Waals surface area contributed by atoms with E-state index in [1.807, 2.05) is 0 Å². The molecule has 0 unspecified atom stereocenters. The summed E-state index contributed by atoms with van der Waals surface area (Å²) < 4.78 is 4.77. The lowest BCUT2D eigenvalue weighted by molar-refractivity contribution is -0.136. The Balaban J connectivity index is 2.52. The number of nitrogens with zero attached hydrogens (tertiary/aromatic N) is 1. The van der Waals surface area contributed by atoms with Crippen molar-refractivity contribution in [1.82, 2.24) is 10.2 Å². The lowest BCUT2D eigenvalue weighted by atomic mass is 10.0. The molecule has 0 saturated heterocycles. The van der Waals surface area contributed by atoms with Gasteiger partial charge in [-0.3, -0.25) is 9.59 Å². The SMILES string of the molecule is COC(=O)/C(CN(C)C(C)=O)=C1/NC(=O)c2ccccc21. The van der Waals surface area contributed by atoms with Crippen LogP contribution >= 0.6 is 0 Å². The number of nitrogens with one attached hydrogen (secondary N) is 1. The lowest BCUT2D eigenvalue weighted by Gasteiger charge is -2.18. The number of hydrogen-bond donors (Lipinski definition) is 1. The molecule has 0 atom stereocenters. The van der Waals surface area contributed by atoms with Crippen molar-refractivity contribution >= 4 is 23.5 Å². The van der Waals surface area contributed by atoms with E-state index >= 15 is 0 Å². The van der Waals surface area contributed by atoms with Crippen molar-refractivity contribution < 1.29 is 19.1 Å². The van der Waals surface area contributed by atoms with Crippen LogP contribution in [0, 0.1) is 0 Å². The molecular formula is C15H16N2O4. The van der Waals surface area contributed by atoms with Crippen LogP contribution in [-0.2, 0) is 14.3 Å². The first-order chi connectivity index (χ1) is 9.95. The number of carbonyl (C=O) groups is 3. The Morgan fingerprint density at radius 1 is 1.24 bits per heavy atom. The molecule has 0 saturated carbocycles. The highest BCUT2D eigenvalue weighted by Gasteiger charge is 2.29. The largest absolute Gasteiger partial charge is 0.466 e. The van der Waals surface area contributed by atoms with Crippen molar-refractivity contribution in [1.29, 1.82) is 0 Å². The first-order valence-corrected chi connectivity index (χ1v) is 6.39. The molecule has 1 aromatic carbocycles. The van der Waals surface area contributed by atoms with Crippen molar-refractivity contribution in [3.8, 4) is 0 Å². The molecule has 0 spiro atoms. The number of benzene rings is 1. The first kappa shape index (κ1) is 14.8. The number of methoxy groups -OCH3 is 1. The Kier molecular flexibility index (Phi) is 4.07. The predicted octanol–water partition coefficient (Wildman–Crippen LogP) is 0.792. The molecule has 6 heteroatoms. The van der Waals surface area contributed by atoms with Crippen LogP contribution in [0.2, 0.25) is 0 Å². The highest BCUT2D eigenvalue weighted by molar-refractivity contribution is 6.13. The molecule has 0 bridgehead atoms. The summed E-state index contributed by atoms with van der Waals surface area (Å²) in [5.74, 6) is -1.03. The van der Waals surface area contributed by atoms with Crippen LogP contribution in [0.5, 0.6) is 0 Å². The zero-order chi connectivity index (χ0) is 15.6. The molecule has 0 radical (unpaired) electrons. The van der Waals surface area contributed by atoms with E-state index in [4.69, 9.17) is 4.74 Å². The monoisotopic (exact) mass is 288 g/mol. The highest BCUT2D eigenvalue weighted by Crippen LogP contribution is 2.27. The van der Waals surface area contributed by atoms with Crippen LogP contribution < -0.4 is 5.32 Å². The minimum absolute atomic E-state index is 0.0615. The molecule has 1 N–H and O–H groups in total. The molecule has 0 aromatic heterocycles. The summed E-state index contributed by atoms with van der Waals surface area (Å²) in [5, 5.41) is 2.68. The van der Waals surface area contributed by atoms with Gasteiger partial charge in [-0.15, -0.1) is 0 Å². The van der Waals surface area contributed by atoms with Gasteiger partial charge in [-0.1, -0.05) is 18.2 Å². The van der Waals surface area contributed by atoms with E-state index in [1.54, 1.807) is 31.3 Å². The van der Waals surface area contributed by atoms with Gasteiger partial charge in [0.2, 0.25) is 5.91 Å². The third-order valence-electron chi connectivity index (χ3n) is 3.35. The minimum atomic E-state index is -0.574. The summed E-state index contributed by atoms with van der Waals surface area (Å²) in [6.45, 7) is 1.46. The Hall–Kier alpha value is -2.63. The number of esters is 1. The van der Waals surface area contributed by atoms with Crippen LogP contribution in [0.25, 0.3) is 5.70 Å². The lowest BCUT2D eigenvalue weighted by Crippen LogP contribution is -2.30. The van der Waals surface area contributed by atoms with Gasteiger partial charge in [-0.25, -0.2) is 4.79 Å². The number of carbonyl (C=O) groups excluding carboxylic acids is 3. The topological polar surface area (TPSA) is 75.7 Å². The summed E-state index contributed by atoms with van der Waals surface area (Å²) in [5.41, 5.74) is 1.78. The molecule has 0 fully saturated rings. The van der Waals surface area contributed by atoms with Gasteiger partial charge >= 0.3 is 5.97 Å². The normalized spacial score (nSPS) is 15.1. The number of amides is 2. The van der Waals surface area contributed by atoms with Gasteiger partial charge in [0.25, 0.3) is 5.91 Å². The standard InChI is InChI=1S/C15H16N2O4/c1-9(18)17(2)8-12(15(20)21-3)13-10-6-4-5-7-11(10)14(19)16-13/h4-7H,8H2,1-3H3,(H,16,19)/b13-12+. The number of ether oxygens (including phenoxy) is 1. The van der Waals surface area contributed by atoms with Gasteiger partial charge in [-0.05, 0) is 6.07 Å². The fourth-order valence-corrected chi connectivity index (χ4v) is 2.10. The van der Waals surface area contributed by atoms with Crippen molar-refractivity contribution in [3.05, 3.63) is 41.0 Å². The second-order valence-corrected chi connectivity index (χ2v) is 4.72. The van der Waals surface area contributed by atoms with Gasteiger partial charge in [0.1, 0.15) is 0 Å². The molecule has 6 nitrogen and oxygen atoms in total. The Bertz CT molecular complexity index is 649. The van der Waals surface area contributed by atoms with Gasteiger partial charge in [0, 0.05) is 25.1 Å². The predicted molar refractivity (Wildman–Crippen MR) is 76.2 cm³/mol. The second-order valence-electron chi connectivity index (χ2n) is 4.72. The quantitative estimate of drug-likeness (QED) is 0.659. The summed E-state index contributed by atoms with van der Waals surface area (Å²) in [6, 6.07) is 6.96. The maximum atomic E-state index is 12.0. The fourth-order valence-electron chi connectivity index (χ4n) is 2.10. The third-order valence-corrected chi connectivity index (χ3v) is 3.35. The van der Waals surface area contributed by atoms with E-state index in [9.17, 15) is 14.4 Å². The van der Waals surface area contributed by atoms with E-state index < -0.39 is 5.97 Å². The molecular weight excluding hydrogens is 272 g/mol. The van der Waals surface area contributed by atoms with Crippen LogP contribution in [0.3, 0.4) is 0 Å². The van der Waals surface area contributed by atoms with E-state index in [2.05, 4.69) is 5.32 Å². The van der Waals surface area contributed by atoms with Gasteiger partial charge in [0.15, 0.2) is 0 Å². The number of rotatable bonds is 3. The number of fused-ring (bicyclic) bond motifs is 1. The molecule has 1 aromatic rings. The van der Waals surface area contributed by atoms with Crippen molar-refractivity contribution in [2.75, 3.05) is 20.7 Å². The molecule has 21 heavy (non-hydrogen) atoms. The van der Waals surface area contributed by atoms with Gasteiger partial charge in [-0.2, -0.15) is 0 Å². The van der Waals surface area contributed by atoms with E-state index in [1.165, 1.54) is 18.9 Å². The number of hydrogen-bond acceptors (Lipinski definition) is 4. The van der Waals surface area contributed by atoms with Crippen LogP contribution in [-0.4, -0.2) is 43.4 Å². The summed E-state index contributed by atoms with van der Waals surface area (Å²) >= 11 is 0. The fraction of sp³-hybridized carbons (Fsp3) is 0.267. The Morgan fingerprint density at radius 2 is 1.86 bits per heavy atom. The highest BCUT2D eigenvalue weighted by atomic mass is 16.5. The van der Waals surface area contributed by atoms with Crippen molar-refractivity contribution in [2.45, 2.75) is 6.92 Å². The Morgan fingerprint density at radius 3 is 2.43 bits per heavy atom. The zero-order valence-corrected chi connectivity index (χ0v) is 12.1. The van der Waals surface area contributed by atoms with Gasteiger partial charge in [0.05, 0.1) is 24.9 Å². The average Bonchev–Trinajstić information content (AvgIpc) is 2.81. The maximum absolute atomic E-state index is 12.0. The number of likely N-dealkylation sites (N-methyl/N-ethyl adjacent to an activating group) is 1. The molecule has 110 valence electrons. The second kappa shape index (κ2) is 5.78. The molecule has 1 heterocycles. The maximum Gasteiger partial charge on any atom is 0.337 e. The molecule has 0 aliphatic carbocycles. The van der Waals surface area contributed by atoms with Crippen molar-refractivity contribution in [2.24, 2.45) is 0 Å². The summed E-state index contributed by atoms with van der Waals surface area (Å²) in [7, 11) is 2.84. The van der Waals surface area contributed by atoms with E-state index in [0.717, 1.165) is 0 Å². The van der Waals surface area contributed by atoms with Crippen LogP contribution in [0.15, 0.2) is 29.8 Å². The van der Waals surface area contributed by atoms with E-state index in [-0.39, 0.29) is 23.9 Å². The van der Waals surface area contributed by atoms with Crippen LogP contribution in [0.1, 0.15) is 22.8 Å². The third kappa shape index (κ3) is 2.79. The molecule has 2 amide bonds. The van der Waals surface area contributed by atoms with Gasteiger partial charge < -0.3 is 15.0 Å². The minimum Gasteiger partial charge on any atom is -0.466 e. The average molecular weight is 288 g/mol. The summed E-state index contributed by atoms with van der Waals surface area (Å²) in [4.78, 5) is 36.7. The molecule has 2 rings (SSSR count). The molecule has 1 aliphatic heterocycles. The van der Waals surface area contributed by atoms with Crippen LogP contribution in [0.4, 0.5) is 0 Å². The zero-order valence-electron chi connectivity index (χ0n) is 12.1. The van der Waals surface area contributed by atoms with E-state index in [0.29, 0.717) is 16.8 Å². The Labute approximate surface area is 122 Å². The smallest absolute Gasteiger partial charge is 0.337 e. The first-order valence-electron chi connectivity index (χ1n) is 6.39. The molecule has 1 aliphatic rings. The van der Waals surface area contributed by atoms with Crippen molar-refractivity contribution in [3.63, 3.8) is 0 Å². The summed E-state index contributed by atoms with van der Waals surface area (Å²) in [6.07, 6.45) is 0.